The van der Waals surface area contributed by atoms with Crippen LogP contribution in [0.15, 0.2) is 65.9 Å². The van der Waals surface area contributed by atoms with Crippen LogP contribution in [0.5, 0.6) is 5.75 Å². The van der Waals surface area contributed by atoms with Crippen LogP contribution in [0.2, 0.25) is 0 Å². The number of rotatable bonds is 8. The van der Waals surface area contributed by atoms with E-state index in [0.29, 0.717) is 24.6 Å². The quantitative estimate of drug-likeness (QED) is 0.426. The number of ether oxygens (including phenoxy) is 1. The predicted octanol–water partition coefficient (Wildman–Crippen LogP) is 4.20. The Morgan fingerprint density at radius 3 is 2.70 bits per heavy atom. The van der Waals surface area contributed by atoms with Crippen LogP contribution in [0.3, 0.4) is 0 Å². The van der Waals surface area contributed by atoms with Gasteiger partial charge < -0.3 is 14.8 Å². The third-order valence-corrected chi connectivity index (χ3v) is 4.40. The molecule has 142 valence electrons. The molecule has 0 unspecified atom stereocenters. The summed E-state index contributed by atoms with van der Waals surface area (Å²) in [6.07, 6.45) is 10.3. The lowest BCUT2D eigenvalue weighted by Gasteiger charge is -2.12. The summed E-state index contributed by atoms with van der Waals surface area (Å²) < 4.78 is 5.78. The van der Waals surface area contributed by atoms with Gasteiger partial charge in [0.25, 0.3) is 0 Å². The van der Waals surface area contributed by atoms with Crippen LogP contribution < -0.4 is 4.74 Å². The summed E-state index contributed by atoms with van der Waals surface area (Å²) in [6, 6.07) is 5.75. The number of allylic oxidation sites excluding steroid dienone is 5. The first-order valence-electron chi connectivity index (χ1n) is 8.89. The maximum atomic E-state index is 11.1. The Kier molecular flexibility index (Phi) is 7.17. The minimum Gasteiger partial charge on any atom is -0.490 e. The van der Waals surface area contributed by atoms with Crippen molar-refractivity contribution in [2.75, 3.05) is 20.2 Å². The molecule has 0 bridgehead atoms. The minimum atomic E-state index is 0.0592. The highest BCUT2D eigenvalue weighted by molar-refractivity contribution is 6.26. The molecule has 2 rings (SSSR count). The van der Waals surface area contributed by atoms with Crippen LogP contribution in [0.1, 0.15) is 31.4 Å². The molecule has 0 saturated heterocycles. The molecule has 0 fully saturated rings. The second-order valence-electron chi connectivity index (χ2n) is 6.20. The highest BCUT2D eigenvalue weighted by Crippen LogP contribution is 2.36. The predicted molar refractivity (Wildman–Crippen MR) is 109 cm³/mol. The van der Waals surface area contributed by atoms with Crippen molar-refractivity contribution in [3.05, 3.63) is 71.9 Å². The lowest BCUT2D eigenvalue weighted by atomic mass is 10.0. The van der Waals surface area contributed by atoms with E-state index in [9.17, 15) is 10.0 Å². The van der Waals surface area contributed by atoms with Gasteiger partial charge >= 0.3 is 0 Å². The van der Waals surface area contributed by atoms with Crippen LogP contribution in [0.4, 0.5) is 0 Å². The van der Waals surface area contributed by atoms with Gasteiger partial charge in [-0.2, -0.15) is 0 Å². The van der Waals surface area contributed by atoms with Crippen LogP contribution in [0, 0.1) is 0 Å². The molecule has 0 aromatic heterocycles. The maximum Gasteiger partial charge on any atom is 0.219 e. The molecule has 1 aromatic rings. The second kappa shape index (κ2) is 9.57. The van der Waals surface area contributed by atoms with E-state index in [4.69, 9.17) is 4.74 Å². The van der Waals surface area contributed by atoms with Crippen molar-refractivity contribution in [1.82, 2.24) is 4.90 Å². The monoisotopic (exact) mass is 366 g/mol. The van der Waals surface area contributed by atoms with Crippen molar-refractivity contribution >= 4 is 17.2 Å². The molecule has 0 radical (unpaired) electrons. The lowest BCUT2D eigenvalue weighted by molar-refractivity contribution is -0.127. The molecule has 1 aliphatic carbocycles. The highest BCUT2D eigenvalue weighted by atomic mass is 16.5. The number of carbonyl (C=O) groups excluding carboxylic acids is 1. The molecule has 1 aromatic carbocycles. The minimum absolute atomic E-state index is 0.0592. The van der Waals surface area contributed by atoms with Crippen molar-refractivity contribution in [2.24, 2.45) is 5.16 Å². The van der Waals surface area contributed by atoms with Crippen LogP contribution in [0.25, 0.3) is 5.57 Å². The van der Waals surface area contributed by atoms with Crippen LogP contribution >= 0.6 is 0 Å². The molecular weight excluding hydrogens is 340 g/mol. The molecule has 0 atom stereocenters. The zero-order chi connectivity index (χ0) is 19.8. The summed E-state index contributed by atoms with van der Waals surface area (Å²) in [5, 5.41) is 12.9. The van der Waals surface area contributed by atoms with Gasteiger partial charge in [-0.05, 0) is 42.7 Å². The van der Waals surface area contributed by atoms with Gasteiger partial charge in [0.1, 0.15) is 18.1 Å². The second-order valence-corrected chi connectivity index (χ2v) is 6.20. The first-order chi connectivity index (χ1) is 13.0. The molecule has 5 nitrogen and oxygen atoms in total. The zero-order valence-electron chi connectivity index (χ0n) is 16.1. The topological polar surface area (TPSA) is 62.1 Å². The third-order valence-electron chi connectivity index (χ3n) is 4.40. The number of benzene rings is 1. The number of carbonyl (C=O) groups is 1. The Morgan fingerprint density at radius 1 is 1.30 bits per heavy atom. The fraction of sp³-hybridized carbons (Fsp3) is 0.273. The van der Waals surface area contributed by atoms with Crippen molar-refractivity contribution in [2.45, 2.75) is 20.3 Å². The van der Waals surface area contributed by atoms with E-state index in [1.54, 1.807) is 24.9 Å². The fourth-order valence-corrected chi connectivity index (χ4v) is 2.88. The van der Waals surface area contributed by atoms with Gasteiger partial charge in [0.2, 0.25) is 5.91 Å². The summed E-state index contributed by atoms with van der Waals surface area (Å²) in [5.41, 5.74) is 4.10. The average molecular weight is 366 g/mol. The summed E-state index contributed by atoms with van der Waals surface area (Å²) in [6.45, 7) is 8.44. The number of hydrogen-bond acceptors (Lipinski definition) is 4. The highest BCUT2D eigenvalue weighted by Gasteiger charge is 2.25. The van der Waals surface area contributed by atoms with Crippen LogP contribution in [-0.2, 0) is 4.79 Å². The summed E-state index contributed by atoms with van der Waals surface area (Å²) in [5.74, 6) is 0.759. The van der Waals surface area contributed by atoms with Gasteiger partial charge in [0.15, 0.2) is 0 Å². The van der Waals surface area contributed by atoms with E-state index in [-0.39, 0.29) is 5.91 Å². The Morgan fingerprint density at radius 2 is 2.07 bits per heavy atom. The van der Waals surface area contributed by atoms with Crippen molar-refractivity contribution in [1.29, 1.82) is 0 Å². The van der Waals surface area contributed by atoms with Gasteiger partial charge in [-0.1, -0.05) is 42.1 Å². The van der Waals surface area contributed by atoms with Crippen molar-refractivity contribution < 1.29 is 14.7 Å². The first-order valence-corrected chi connectivity index (χ1v) is 8.89. The molecule has 0 aliphatic heterocycles. The fourth-order valence-electron chi connectivity index (χ4n) is 2.88. The number of amides is 1. The molecule has 27 heavy (non-hydrogen) atoms. The lowest BCUT2D eigenvalue weighted by Crippen LogP contribution is -2.24. The molecule has 0 spiro atoms. The summed E-state index contributed by atoms with van der Waals surface area (Å²) in [4.78, 5) is 12.8. The zero-order valence-corrected chi connectivity index (χ0v) is 16.1. The molecule has 0 heterocycles. The number of nitrogens with zero attached hydrogens (tertiary/aromatic N) is 2. The van der Waals surface area contributed by atoms with Gasteiger partial charge in [0, 0.05) is 31.7 Å². The standard InChI is InChI=1S/C22H26N2O3/c1-5-10-19-18(6-2)22(23-26)21-15-17(11-12-20(19)21)27-14-9-7-8-13-24(4)16(3)25/h5-7,9-12,15,26H,2,8,13-14H2,1,3-4H3/b9-7-,10-5-,23-22-. The van der Waals surface area contributed by atoms with E-state index >= 15 is 0 Å². The molecule has 1 aliphatic rings. The Labute approximate surface area is 160 Å². The van der Waals surface area contributed by atoms with Crippen LogP contribution in [-0.4, -0.2) is 41.9 Å². The Hall–Kier alpha value is -3.08. The van der Waals surface area contributed by atoms with Gasteiger partial charge in [-0.15, -0.1) is 0 Å². The van der Waals surface area contributed by atoms with Gasteiger partial charge in [-0.3, -0.25) is 4.79 Å². The van der Waals surface area contributed by atoms with Crippen molar-refractivity contribution in [3.63, 3.8) is 0 Å². The largest absolute Gasteiger partial charge is 0.490 e. The smallest absolute Gasteiger partial charge is 0.219 e. The number of fused-ring (bicyclic) bond motifs is 1. The third kappa shape index (κ3) is 4.76. The SMILES string of the molecule is C=CC1=C(/C=C\C)c2ccc(OC/C=C\CCN(C)C(C)=O)cc2/C1=N\O. The Bertz CT molecular complexity index is 832. The van der Waals surface area contributed by atoms with E-state index in [0.717, 1.165) is 28.7 Å². The average Bonchev–Trinajstić information content (AvgIpc) is 2.96. The molecule has 1 N–H and O–H groups in total. The number of hydrogen-bond donors (Lipinski definition) is 1. The van der Waals surface area contributed by atoms with E-state index < -0.39 is 0 Å². The molecular formula is C22H26N2O3. The maximum absolute atomic E-state index is 11.1. The van der Waals surface area contributed by atoms with Crippen molar-refractivity contribution in [3.8, 4) is 5.75 Å². The normalized spacial score (nSPS) is 15.0. The van der Waals surface area contributed by atoms with E-state index in [1.807, 2.05) is 49.4 Å². The molecule has 0 saturated carbocycles. The molecule has 5 heteroatoms. The van der Waals surface area contributed by atoms with E-state index in [1.165, 1.54) is 0 Å². The van der Waals surface area contributed by atoms with E-state index in [2.05, 4.69) is 11.7 Å². The number of oxime groups is 1. The summed E-state index contributed by atoms with van der Waals surface area (Å²) >= 11 is 0. The van der Waals surface area contributed by atoms with Gasteiger partial charge in [-0.25, -0.2) is 0 Å². The van der Waals surface area contributed by atoms with Gasteiger partial charge in [0.05, 0.1) is 0 Å². The first kappa shape index (κ1) is 20.2. The summed E-state index contributed by atoms with van der Waals surface area (Å²) in [7, 11) is 1.78. The Balaban J connectivity index is 2.04. The molecule has 1 amide bonds.